The Labute approximate surface area is 171 Å². The Morgan fingerprint density at radius 1 is 1.21 bits per heavy atom. The Morgan fingerprint density at radius 3 is 2.71 bits per heavy atom. The largest absolute Gasteiger partial charge is 0.353 e. The number of nitrogens with one attached hydrogen (secondary N) is 2. The third-order valence-electron chi connectivity index (χ3n) is 4.87. The second-order valence-corrected chi connectivity index (χ2v) is 7.86. The molecule has 1 atom stereocenters. The van der Waals surface area contributed by atoms with Crippen LogP contribution < -0.4 is 10.2 Å². The summed E-state index contributed by atoms with van der Waals surface area (Å²) in [6, 6.07) is 16.2. The molecule has 0 unspecified atom stereocenters. The third-order valence-corrected chi connectivity index (χ3v) is 5.40. The fourth-order valence-corrected chi connectivity index (χ4v) is 3.67. The lowest BCUT2D eigenvalue weighted by Crippen LogP contribution is -2.38. The van der Waals surface area contributed by atoms with Crippen molar-refractivity contribution in [3.63, 3.8) is 0 Å². The number of aromatic amines is 1. The molecule has 144 valence electrons. The van der Waals surface area contributed by atoms with Crippen LogP contribution in [-0.4, -0.2) is 35.2 Å². The number of benzene rings is 2. The smallest absolute Gasteiger partial charge is 0.224 e. The second kappa shape index (κ2) is 8.14. The number of aromatic nitrogens is 2. The average Bonchev–Trinajstić information content (AvgIpc) is 3.34. The number of hydrogen-bond acceptors (Lipinski definition) is 3. The van der Waals surface area contributed by atoms with E-state index in [1.165, 1.54) is 12.1 Å². The van der Waals surface area contributed by atoms with Crippen LogP contribution in [0.1, 0.15) is 12.0 Å². The average molecular weight is 443 g/mol. The molecule has 2 N–H and O–H groups in total. The van der Waals surface area contributed by atoms with Gasteiger partial charge < -0.3 is 10.2 Å². The van der Waals surface area contributed by atoms with Crippen molar-refractivity contribution < 1.29 is 9.18 Å². The molecule has 3 aromatic rings. The maximum atomic E-state index is 13.1. The first-order valence-electron chi connectivity index (χ1n) is 9.17. The molecular weight excluding hydrogens is 423 g/mol. The number of hydrogen-bond donors (Lipinski definition) is 2. The van der Waals surface area contributed by atoms with Gasteiger partial charge in [0.25, 0.3) is 0 Å². The van der Waals surface area contributed by atoms with Gasteiger partial charge in [0.2, 0.25) is 5.91 Å². The van der Waals surface area contributed by atoms with Gasteiger partial charge in [0.15, 0.2) is 5.82 Å². The molecular formula is C21H20BrFN4O. The van der Waals surface area contributed by atoms with Crippen molar-refractivity contribution in [1.29, 1.82) is 0 Å². The molecule has 0 saturated carbocycles. The van der Waals surface area contributed by atoms with Crippen LogP contribution in [0.3, 0.4) is 0 Å². The van der Waals surface area contributed by atoms with Gasteiger partial charge in [0, 0.05) is 29.7 Å². The third kappa shape index (κ3) is 4.42. The molecule has 5 nitrogen and oxygen atoms in total. The maximum Gasteiger partial charge on any atom is 0.224 e. The highest BCUT2D eigenvalue weighted by Gasteiger charge is 2.25. The molecule has 0 radical (unpaired) electrons. The van der Waals surface area contributed by atoms with E-state index in [2.05, 4.69) is 36.3 Å². The van der Waals surface area contributed by atoms with Crippen LogP contribution in [0.2, 0.25) is 0 Å². The van der Waals surface area contributed by atoms with Crippen LogP contribution in [0.4, 0.5) is 10.2 Å². The van der Waals surface area contributed by atoms with Crippen LogP contribution in [0.5, 0.6) is 0 Å². The molecule has 4 rings (SSSR count). The van der Waals surface area contributed by atoms with Gasteiger partial charge in [-0.3, -0.25) is 9.89 Å². The fraction of sp³-hybridized carbons (Fsp3) is 0.238. The Bertz CT molecular complexity index is 955. The Kier molecular flexibility index (Phi) is 5.43. The quantitative estimate of drug-likeness (QED) is 0.629. The summed E-state index contributed by atoms with van der Waals surface area (Å²) in [7, 11) is 0. The van der Waals surface area contributed by atoms with Gasteiger partial charge in [-0.05, 0) is 53.9 Å². The molecule has 1 amide bonds. The summed E-state index contributed by atoms with van der Waals surface area (Å²) in [6.45, 7) is 1.55. The molecule has 1 aliphatic rings. The van der Waals surface area contributed by atoms with Crippen LogP contribution in [0.25, 0.3) is 11.3 Å². The zero-order valence-electron chi connectivity index (χ0n) is 15.2. The van der Waals surface area contributed by atoms with E-state index in [1.54, 1.807) is 12.1 Å². The first-order chi connectivity index (χ1) is 13.6. The highest BCUT2D eigenvalue weighted by Crippen LogP contribution is 2.24. The Hall–Kier alpha value is -2.67. The monoisotopic (exact) mass is 442 g/mol. The minimum absolute atomic E-state index is 0.0307. The number of halogens is 2. The number of anilines is 1. The normalized spacial score (nSPS) is 16.4. The molecule has 2 heterocycles. The van der Waals surface area contributed by atoms with Gasteiger partial charge in [-0.15, -0.1) is 0 Å². The number of carbonyl (C=O) groups is 1. The van der Waals surface area contributed by atoms with Gasteiger partial charge in [0.1, 0.15) is 5.82 Å². The van der Waals surface area contributed by atoms with Crippen LogP contribution in [0.15, 0.2) is 59.1 Å². The summed E-state index contributed by atoms with van der Waals surface area (Å²) in [4.78, 5) is 14.5. The summed E-state index contributed by atoms with van der Waals surface area (Å²) >= 11 is 3.40. The number of rotatable bonds is 5. The first kappa shape index (κ1) is 18.7. The molecule has 1 saturated heterocycles. The predicted octanol–water partition coefficient (Wildman–Crippen LogP) is 3.92. The van der Waals surface area contributed by atoms with Crippen LogP contribution >= 0.6 is 15.9 Å². The minimum atomic E-state index is -0.259. The standard InChI is InChI=1S/C21H20BrFN4O/c22-16-5-1-14(2-6-16)11-21(28)24-18-9-10-27(13-18)20-12-19(25-26-20)15-3-7-17(23)8-4-15/h1-8,12,18H,9-11,13H2,(H,24,28)(H,25,26)/t18-/m1/s1. The van der Waals surface area contributed by atoms with Crippen molar-refractivity contribution in [1.82, 2.24) is 15.5 Å². The van der Waals surface area contributed by atoms with Crippen molar-refractivity contribution in [2.24, 2.45) is 0 Å². The molecule has 0 bridgehead atoms. The van der Waals surface area contributed by atoms with Crippen molar-refractivity contribution in [3.8, 4) is 11.3 Å². The molecule has 0 spiro atoms. The van der Waals surface area contributed by atoms with Crippen LogP contribution in [0, 0.1) is 5.82 Å². The van der Waals surface area contributed by atoms with E-state index >= 15 is 0 Å². The van der Waals surface area contributed by atoms with Crippen molar-refractivity contribution in [2.45, 2.75) is 18.9 Å². The van der Waals surface area contributed by atoms with Crippen molar-refractivity contribution >= 4 is 27.7 Å². The lowest BCUT2D eigenvalue weighted by atomic mass is 10.1. The zero-order chi connectivity index (χ0) is 19.5. The topological polar surface area (TPSA) is 61.0 Å². The van der Waals surface area contributed by atoms with Crippen molar-refractivity contribution in [3.05, 3.63) is 70.5 Å². The van der Waals surface area contributed by atoms with Crippen LogP contribution in [-0.2, 0) is 11.2 Å². The van der Waals surface area contributed by atoms with E-state index < -0.39 is 0 Å². The maximum absolute atomic E-state index is 13.1. The Balaban J connectivity index is 1.33. The summed E-state index contributed by atoms with van der Waals surface area (Å²) in [6.07, 6.45) is 1.26. The summed E-state index contributed by atoms with van der Waals surface area (Å²) in [5.74, 6) is 0.608. The highest BCUT2D eigenvalue weighted by atomic mass is 79.9. The molecule has 1 fully saturated rings. The lowest BCUT2D eigenvalue weighted by molar-refractivity contribution is -0.121. The lowest BCUT2D eigenvalue weighted by Gasteiger charge is -2.16. The van der Waals surface area contributed by atoms with E-state index in [0.717, 1.165) is 46.6 Å². The molecule has 7 heteroatoms. The van der Waals surface area contributed by atoms with E-state index in [9.17, 15) is 9.18 Å². The number of H-pyrrole nitrogens is 1. The highest BCUT2D eigenvalue weighted by molar-refractivity contribution is 9.10. The van der Waals surface area contributed by atoms with Gasteiger partial charge in [-0.2, -0.15) is 5.10 Å². The molecule has 2 aromatic carbocycles. The fourth-order valence-electron chi connectivity index (χ4n) is 3.40. The molecule has 1 aromatic heterocycles. The first-order valence-corrected chi connectivity index (χ1v) is 9.96. The summed E-state index contributed by atoms with van der Waals surface area (Å²) < 4.78 is 14.1. The summed E-state index contributed by atoms with van der Waals surface area (Å²) in [5.41, 5.74) is 2.73. The molecule has 1 aliphatic heterocycles. The second-order valence-electron chi connectivity index (χ2n) is 6.95. The van der Waals surface area contributed by atoms with Gasteiger partial charge in [-0.1, -0.05) is 28.1 Å². The van der Waals surface area contributed by atoms with Gasteiger partial charge in [0.05, 0.1) is 12.1 Å². The number of carbonyl (C=O) groups excluding carboxylic acids is 1. The predicted molar refractivity (Wildman–Crippen MR) is 111 cm³/mol. The van der Waals surface area contributed by atoms with Gasteiger partial charge >= 0.3 is 0 Å². The Morgan fingerprint density at radius 2 is 1.96 bits per heavy atom. The molecule has 0 aliphatic carbocycles. The van der Waals surface area contributed by atoms with Crippen molar-refractivity contribution in [2.75, 3.05) is 18.0 Å². The summed E-state index contributed by atoms with van der Waals surface area (Å²) in [5, 5.41) is 10.5. The number of nitrogens with zero attached hydrogens (tertiary/aromatic N) is 2. The van der Waals surface area contributed by atoms with E-state index in [4.69, 9.17) is 0 Å². The van der Waals surface area contributed by atoms with Gasteiger partial charge in [-0.25, -0.2) is 4.39 Å². The number of amides is 1. The SMILES string of the molecule is O=C(Cc1ccc(Br)cc1)N[C@@H]1CCN(c2cc(-c3ccc(F)cc3)[nH]n2)C1. The van der Waals surface area contributed by atoms with E-state index in [1.807, 2.05) is 30.3 Å². The van der Waals surface area contributed by atoms with E-state index in [-0.39, 0.29) is 17.8 Å². The molecule has 28 heavy (non-hydrogen) atoms. The minimum Gasteiger partial charge on any atom is -0.353 e. The zero-order valence-corrected chi connectivity index (χ0v) is 16.7. The van der Waals surface area contributed by atoms with E-state index in [0.29, 0.717) is 6.42 Å².